The lowest BCUT2D eigenvalue weighted by molar-refractivity contribution is -0.228. The predicted molar refractivity (Wildman–Crippen MR) is 164 cm³/mol. The molecule has 5 rings (SSSR count). The maximum atomic E-state index is 13.2. The number of nitrogen functional groups attached to an aromatic ring is 1. The molecule has 16 nitrogen and oxygen atoms in total. The Bertz CT molecular complexity index is 1600. The van der Waals surface area contributed by atoms with E-state index >= 15 is 0 Å². The van der Waals surface area contributed by atoms with Crippen LogP contribution in [0.5, 0.6) is 5.75 Å². The van der Waals surface area contributed by atoms with E-state index in [0.29, 0.717) is 29.9 Å². The second kappa shape index (κ2) is 13.3. The van der Waals surface area contributed by atoms with Gasteiger partial charge in [0.15, 0.2) is 29.2 Å². The van der Waals surface area contributed by atoms with Gasteiger partial charge in [-0.1, -0.05) is 11.2 Å². The molecule has 0 aliphatic carbocycles. The number of benzene rings is 1. The van der Waals surface area contributed by atoms with Gasteiger partial charge in [-0.15, -0.1) is 15.6 Å². The van der Waals surface area contributed by atoms with Crippen LogP contribution in [0.2, 0.25) is 0 Å². The average molecular weight is 665 g/mol. The summed E-state index contributed by atoms with van der Waals surface area (Å²) in [7, 11) is -4.92. The number of hydrogen-bond acceptors (Lipinski definition) is 13. The molecule has 0 saturated carbocycles. The number of nitrogens with zero attached hydrogens (tertiary/aromatic N) is 5. The first-order chi connectivity index (χ1) is 21.3. The standard InChI is InChI=1S/C27H36N8O8S2/c1-27(2)20(24(37)35(27)43-45(38,39)40)12-22(36)23(21-15-44-26(29)32-21)33-42-10-9-41-19-4-3-16-13-34(14-17(16)11-19)25(28)31-18-5-7-30-8-6-18/h3-4,11,15,18,20,30H,5-10,12-14H2,1-2H3,(H2,28,31)(H2,29,32)(H,38,39,40)/b33-23-/t20-/m1/s1. The van der Waals surface area contributed by atoms with Crippen molar-refractivity contribution >= 4 is 50.2 Å². The van der Waals surface area contributed by atoms with Gasteiger partial charge in [-0.25, -0.2) is 9.98 Å². The fourth-order valence-corrected chi connectivity index (χ4v) is 6.42. The zero-order chi connectivity index (χ0) is 32.4. The number of fused-ring (bicyclic) bond motifs is 1. The fourth-order valence-electron chi connectivity index (χ4n) is 5.42. The van der Waals surface area contributed by atoms with Crippen LogP contribution in [0.25, 0.3) is 0 Å². The molecule has 4 heterocycles. The molecule has 18 heteroatoms. The van der Waals surface area contributed by atoms with Gasteiger partial charge in [-0.3, -0.25) is 14.1 Å². The van der Waals surface area contributed by atoms with Crippen LogP contribution in [0.3, 0.4) is 0 Å². The minimum atomic E-state index is -4.92. The van der Waals surface area contributed by atoms with E-state index in [1.807, 2.05) is 18.2 Å². The van der Waals surface area contributed by atoms with E-state index in [4.69, 9.17) is 30.6 Å². The second-order valence-corrected chi connectivity index (χ2v) is 13.3. The number of carbonyl (C=O) groups excluding carboxylic acids is 2. The molecule has 2 fully saturated rings. The number of carbonyl (C=O) groups is 2. The van der Waals surface area contributed by atoms with Crippen molar-refractivity contribution in [1.29, 1.82) is 0 Å². The van der Waals surface area contributed by atoms with Crippen LogP contribution in [-0.4, -0.2) is 89.2 Å². The van der Waals surface area contributed by atoms with Gasteiger partial charge in [0.1, 0.15) is 18.1 Å². The Morgan fingerprint density at radius 2 is 1.96 bits per heavy atom. The fraction of sp³-hybridized carbons (Fsp3) is 0.519. The van der Waals surface area contributed by atoms with Gasteiger partial charge in [0.05, 0.1) is 17.5 Å². The molecule has 0 bridgehead atoms. The van der Waals surface area contributed by atoms with E-state index in [1.54, 1.807) is 0 Å². The van der Waals surface area contributed by atoms with E-state index in [2.05, 4.69) is 24.6 Å². The number of Topliss-reactive ketones (excluding diaryl/α,β-unsaturated/α-hetero) is 1. The number of piperidine rings is 1. The van der Waals surface area contributed by atoms with E-state index in [0.717, 1.165) is 48.4 Å². The van der Waals surface area contributed by atoms with Crippen molar-refractivity contribution in [3.63, 3.8) is 0 Å². The number of rotatable bonds is 12. The normalized spacial score (nSPS) is 20.6. The summed E-state index contributed by atoms with van der Waals surface area (Å²) in [6, 6.07) is 6.06. The van der Waals surface area contributed by atoms with Crippen LogP contribution in [-0.2, 0) is 42.2 Å². The van der Waals surface area contributed by atoms with Gasteiger partial charge >= 0.3 is 10.4 Å². The Kier molecular flexibility index (Phi) is 9.59. The van der Waals surface area contributed by atoms with Gasteiger partial charge in [-0.05, 0) is 63.0 Å². The van der Waals surface area contributed by atoms with E-state index in [9.17, 15) is 18.0 Å². The summed E-state index contributed by atoms with van der Waals surface area (Å²) in [5.74, 6) is -1.12. The summed E-state index contributed by atoms with van der Waals surface area (Å²) in [5, 5.41) is 9.56. The molecular formula is C27H36N8O8S2. The number of oxime groups is 1. The molecule has 1 aromatic carbocycles. The molecule has 1 amide bonds. The molecule has 3 aliphatic heterocycles. The van der Waals surface area contributed by atoms with Crippen molar-refractivity contribution < 1.29 is 36.4 Å². The smallest absolute Gasteiger partial charge is 0.418 e. The third-order valence-electron chi connectivity index (χ3n) is 7.91. The summed E-state index contributed by atoms with van der Waals surface area (Å²) in [5.41, 5.74) is 13.1. The molecule has 0 radical (unpaired) electrons. The van der Waals surface area contributed by atoms with Crippen molar-refractivity contribution in [3.8, 4) is 5.75 Å². The SMILES string of the molecule is CC1(C)[C@H](CC(=O)/C(=N\OCCOc2ccc3c(c2)CN(C(N)=NC2CCNCC2)C3)c2csc(N)n2)C(=O)N1OS(=O)(=O)O. The molecule has 0 spiro atoms. The number of ketones is 1. The molecule has 6 N–H and O–H groups in total. The quantitative estimate of drug-likeness (QED) is 0.0617. The number of β-lactam (4-membered cyclic amide) rings is 1. The number of nitrogens with one attached hydrogen (secondary N) is 1. The highest BCUT2D eigenvalue weighted by Crippen LogP contribution is 2.40. The monoisotopic (exact) mass is 664 g/mol. The van der Waals surface area contributed by atoms with Crippen molar-refractivity contribution in [2.24, 2.45) is 21.8 Å². The Morgan fingerprint density at radius 1 is 1.22 bits per heavy atom. The molecule has 2 saturated heterocycles. The summed E-state index contributed by atoms with van der Waals surface area (Å²) in [4.78, 5) is 42.1. The second-order valence-electron chi connectivity index (χ2n) is 11.4. The highest BCUT2D eigenvalue weighted by atomic mass is 32.3. The maximum absolute atomic E-state index is 13.2. The third kappa shape index (κ3) is 7.70. The molecule has 2 aromatic rings. The number of nitrogens with two attached hydrogens (primary N) is 2. The Morgan fingerprint density at radius 3 is 2.62 bits per heavy atom. The number of anilines is 1. The van der Waals surface area contributed by atoms with Crippen LogP contribution >= 0.6 is 11.3 Å². The minimum Gasteiger partial charge on any atom is -0.490 e. The Balaban J connectivity index is 1.15. The summed E-state index contributed by atoms with van der Waals surface area (Å²) < 4.78 is 41.4. The van der Waals surface area contributed by atoms with Crippen LogP contribution in [0.15, 0.2) is 33.7 Å². The number of ether oxygens (including phenoxy) is 1. The van der Waals surface area contributed by atoms with Crippen molar-refractivity contribution in [3.05, 3.63) is 40.4 Å². The van der Waals surface area contributed by atoms with Crippen molar-refractivity contribution in [2.45, 2.75) is 57.8 Å². The van der Waals surface area contributed by atoms with Gasteiger partial charge in [0.25, 0.3) is 5.91 Å². The molecular weight excluding hydrogens is 628 g/mol. The summed E-state index contributed by atoms with van der Waals surface area (Å²) in [6.45, 7) is 6.34. The first-order valence-corrected chi connectivity index (χ1v) is 16.6. The number of thiazole rings is 1. The van der Waals surface area contributed by atoms with Gasteiger partial charge in [-0.2, -0.15) is 13.5 Å². The first kappa shape index (κ1) is 32.6. The largest absolute Gasteiger partial charge is 0.490 e. The number of guanidine groups is 1. The van der Waals surface area contributed by atoms with Crippen molar-refractivity contribution in [1.82, 2.24) is 20.3 Å². The van der Waals surface area contributed by atoms with Crippen LogP contribution in [0.1, 0.15) is 49.9 Å². The lowest BCUT2D eigenvalue weighted by atomic mass is 9.74. The van der Waals surface area contributed by atoms with E-state index < -0.39 is 33.5 Å². The topological polar surface area (TPSA) is 224 Å². The molecule has 3 aliphatic rings. The number of hydroxylamine groups is 2. The highest BCUT2D eigenvalue weighted by Gasteiger charge is 2.57. The molecule has 1 aromatic heterocycles. The van der Waals surface area contributed by atoms with Gasteiger partial charge in [0.2, 0.25) is 0 Å². The lowest BCUT2D eigenvalue weighted by Crippen LogP contribution is -2.68. The molecule has 244 valence electrons. The van der Waals surface area contributed by atoms with Gasteiger partial charge in [0, 0.05) is 24.9 Å². The van der Waals surface area contributed by atoms with E-state index in [1.165, 1.54) is 19.2 Å². The predicted octanol–water partition coefficient (Wildman–Crippen LogP) is 0.838. The summed E-state index contributed by atoms with van der Waals surface area (Å²) in [6.07, 6.45) is 1.61. The zero-order valence-corrected chi connectivity index (χ0v) is 26.5. The number of amides is 1. The highest BCUT2D eigenvalue weighted by molar-refractivity contribution is 7.80. The molecule has 45 heavy (non-hydrogen) atoms. The van der Waals surface area contributed by atoms with Crippen LogP contribution < -0.4 is 21.5 Å². The molecule has 1 atom stereocenters. The number of aromatic nitrogens is 1. The average Bonchev–Trinajstić information content (AvgIpc) is 3.62. The minimum absolute atomic E-state index is 0.000704. The van der Waals surface area contributed by atoms with Crippen LogP contribution in [0, 0.1) is 5.92 Å². The van der Waals surface area contributed by atoms with Crippen molar-refractivity contribution in [2.75, 3.05) is 32.0 Å². The summed E-state index contributed by atoms with van der Waals surface area (Å²) >= 11 is 1.10. The first-order valence-electron chi connectivity index (χ1n) is 14.3. The van der Waals surface area contributed by atoms with Gasteiger partial charge < -0.3 is 31.3 Å². The number of hydrogen-bond donors (Lipinski definition) is 4. The lowest BCUT2D eigenvalue weighted by Gasteiger charge is -2.50. The zero-order valence-electron chi connectivity index (χ0n) is 24.8. The molecule has 0 unspecified atom stereocenters. The van der Waals surface area contributed by atoms with E-state index in [-0.39, 0.29) is 42.2 Å². The Labute approximate surface area is 264 Å². The maximum Gasteiger partial charge on any atom is 0.418 e. The number of aliphatic imine (C=N–C) groups is 1. The Hall–Kier alpha value is -3.84. The van der Waals surface area contributed by atoms with Crippen LogP contribution in [0.4, 0.5) is 5.13 Å². The third-order valence-corrected chi connectivity index (χ3v) is 8.92.